The van der Waals surface area contributed by atoms with Crippen LogP contribution in [0.4, 0.5) is 0 Å². The molecule has 0 amide bonds. The molecule has 1 aromatic carbocycles. The maximum Gasteiger partial charge on any atom is 0.324 e. The van der Waals surface area contributed by atoms with Gasteiger partial charge in [-0.05, 0) is 18.4 Å². The fraction of sp³-hybridized carbons (Fsp3) is 0.400. The average Bonchev–Trinajstić information content (AvgIpc) is 2.45. The highest BCUT2D eigenvalue weighted by atomic mass is 16.6. The van der Waals surface area contributed by atoms with Crippen LogP contribution in [-0.2, 0) is 24.5 Å². The highest BCUT2D eigenvalue weighted by Gasteiger charge is 2.49. The number of ether oxygens (including phenoxy) is 1. The summed E-state index contributed by atoms with van der Waals surface area (Å²) in [4.78, 5) is 34.3. The number of carboxylic acids is 1. The molecular weight excluding hydrogens is 260 g/mol. The van der Waals surface area contributed by atoms with Gasteiger partial charge in [0.1, 0.15) is 5.41 Å². The van der Waals surface area contributed by atoms with Crippen LogP contribution >= 0.6 is 0 Å². The number of hydrogen-bond donors (Lipinski definition) is 1. The first-order chi connectivity index (χ1) is 9.54. The monoisotopic (exact) mass is 278 g/mol. The maximum atomic E-state index is 12.3. The minimum absolute atomic E-state index is 0.0459. The van der Waals surface area contributed by atoms with Gasteiger partial charge in [-0.25, -0.2) is 0 Å². The highest BCUT2D eigenvalue weighted by molar-refractivity contribution is 5.92. The summed E-state index contributed by atoms with van der Waals surface area (Å²) < 4.78 is 4.50. The Balaban J connectivity index is 3.48. The molecule has 0 fully saturated rings. The van der Waals surface area contributed by atoms with Gasteiger partial charge < -0.3 is 9.84 Å². The summed E-state index contributed by atoms with van der Waals surface area (Å²) in [5, 5.41) is 9.42. The number of carbonyl (C=O) groups excluding carboxylic acids is 2. The Morgan fingerprint density at radius 1 is 1.30 bits per heavy atom. The van der Waals surface area contributed by atoms with Crippen LogP contribution in [0.3, 0.4) is 0 Å². The van der Waals surface area contributed by atoms with Crippen molar-refractivity contribution in [2.24, 2.45) is 5.92 Å². The second-order valence-corrected chi connectivity index (χ2v) is 4.49. The fourth-order valence-corrected chi connectivity index (χ4v) is 2.67. The lowest BCUT2D eigenvalue weighted by Gasteiger charge is -2.34. The molecule has 1 rings (SSSR count). The Hall–Kier alpha value is -2.17. The zero-order valence-corrected chi connectivity index (χ0v) is 11.5. The Morgan fingerprint density at radius 2 is 1.90 bits per heavy atom. The maximum absolute atomic E-state index is 12.3. The van der Waals surface area contributed by atoms with E-state index < -0.39 is 23.3 Å². The minimum Gasteiger partial charge on any atom is -0.481 e. The Labute approximate surface area is 117 Å². The number of carboxylic acid groups (broad SMARTS) is 1. The molecule has 0 aliphatic rings. The molecule has 1 N–H and O–H groups in total. The third kappa shape index (κ3) is 2.71. The molecule has 0 radical (unpaired) electrons. The molecule has 2 atom stereocenters. The van der Waals surface area contributed by atoms with Crippen molar-refractivity contribution in [3.05, 3.63) is 35.9 Å². The number of benzene rings is 1. The fourth-order valence-electron chi connectivity index (χ4n) is 2.67. The molecule has 0 aliphatic heterocycles. The first kappa shape index (κ1) is 15.9. The number of carbonyl (C=O) groups is 3. The van der Waals surface area contributed by atoms with Gasteiger partial charge in [0.05, 0.1) is 5.92 Å². The molecule has 108 valence electrons. The summed E-state index contributed by atoms with van der Waals surface area (Å²) in [5.74, 6) is -2.86. The lowest BCUT2D eigenvalue weighted by atomic mass is 9.67. The van der Waals surface area contributed by atoms with E-state index in [0.29, 0.717) is 5.56 Å². The van der Waals surface area contributed by atoms with Crippen LogP contribution in [0.5, 0.6) is 0 Å². The SMILES string of the molecule is CCC(C(=O)O)C(CC)(C(=O)OC=O)c1ccccc1. The van der Waals surface area contributed by atoms with Gasteiger partial charge in [-0.1, -0.05) is 44.2 Å². The summed E-state index contributed by atoms with van der Waals surface area (Å²) in [6.45, 7) is 3.45. The van der Waals surface area contributed by atoms with Crippen molar-refractivity contribution < 1.29 is 24.2 Å². The summed E-state index contributed by atoms with van der Waals surface area (Å²) >= 11 is 0. The molecule has 5 nitrogen and oxygen atoms in total. The first-order valence-electron chi connectivity index (χ1n) is 6.47. The van der Waals surface area contributed by atoms with Crippen molar-refractivity contribution in [2.45, 2.75) is 32.1 Å². The number of aliphatic carboxylic acids is 1. The van der Waals surface area contributed by atoms with Gasteiger partial charge in [-0.3, -0.25) is 14.4 Å². The van der Waals surface area contributed by atoms with Gasteiger partial charge in [0.2, 0.25) is 0 Å². The summed E-state index contributed by atoms with van der Waals surface area (Å²) in [7, 11) is 0. The number of hydrogen-bond acceptors (Lipinski definition) is 4. The molecule has 0 heterocycles. The molecule has 0 bridgehead atoms. The molecule has 5 heteroatoms. The Bertz CT molecular complexity index is 482. The van der Waals surface area contributed by atoms with Crippen LogP contribution in [0.25, 0.3) is 0 Å². The zero-order chi connectivity index (χ0) is 15.2. The zero-order valence-electron chi connectivity index (χ0n) is 11.5. The van der Waals surface area contributed by atoms with Gasteiger partial charge in [-0.2, -0.15) is 0 Å². The minimum atomic E-state index is -1.36. The predicted octanol–water partition coefficient (Wildman–Crippen LogP) is 2.14. The largest absolute Gasteiger partial charge is 0.481 e. The Morgan fingerprint density at radius 3 is 2.30 bits per heavy atom. The van der Waals surface area contributed by atoms with Crippen LogP contribution in [0.15, 0.2) is 30.3 Å². The highest BCUT2D eigenvalue weighted by Crippen LogP contribution is 2.39. The van der Waals surface area contributed by atoms with Gasteiger partial charge in [0, 0.05) is 0 Å². The van der Waals surface area contributed by atoms with E-state index >= 15 is 0 Å². The van der Waals surface area contributed by atoms with E-state index in [1.165, 1.54) is 0 Å². The van der Waals surface area contributed by atoms with E-state index in [9.17, 15) is 19.5 Å². The van der Waals surface area contributed by atoms with Crippen molar-refractivity contribution in [1.29, 1.82) is 0 Å². The van der Waals surface area contributed by atoms with E-state index in [4.69, 9.17) is 0 Å². The second kappa shape index (κ2) is 6.84. The van der Waals surface area contributed by atoms with Gasteiger partial charge in [0.25, 0.3) is 0 Å². The number of rotatable bonds is 7. The molecule has 1 aromatic rings. The number of esters is 1. The van der Waals surface area contributed by atoms with E-state index in [1.54, 1.807) is 44.2 Å². The molecule has 0 aliphatic carbocycles. The van der Waals surface area contributed by atoms with Crippen LogP contribution in [0, 0.1) is 5.92 Å². The summed E-state index contributed by atoms with van der Waals surface area (Å²) in [6.07, 6.45) is 0.487. The van der Waals surface area contributed by atoms with Crippen LogP contribution in [0.1, 0.15) is 32.3 Å². The normalized spacial score (nSPS) is 14.9. The molecule has 0 saturated carbocycles. The van der Waals surface area contributed by atoms with Crippen LogP contribution in [-0.4, -0.2) is 23.5 Å². The van der Waals surface area contributed by atoms with E-state index in [1.807, 2.05) is 0 Å². The molecule has 0 spiro atoms. The predicted molar refractivity (Wildman–Crippen MR) is 72.0 cm³/mol. The van der Waals surface area contributed by atoms with Gasteiger partial charge >= 0.3 is 18.4 Å². The second-order valence-electron chi connectivity index (χ2n) is 4.49. The third-order valence-corrected chi connectivity index (χ3v) is 3.67. The smallest absolute Gasteiger partial charge is 0.324 e. The molecule has 20 heavy (non-hydrogen) atoms. The summed E-state index contributed by atoms with van der Waals surface area (Å²) in [5.41, 5.74) is -0.813. The van der Waals surface area contributed by atoms with Crippen molar-refractivity contribution in [1.82, 2.24) is 0 Å². The Kier molecular flexibility index (Phi) is 5.43. The quantitative estimate of drug-likeness (QED) is 0.469. The van der Waals surface area contributed by atoms with Crippen LogP contribution in [0.2, 0.25) is 0 Å². The summed E-state index contributed by atoms with van der Waals surface area (Å²) in [6, 6.07) is 8.59. The van der Waals surface area contributed by atoms with E-state index in [2.05, 4.69) is 4.74 Å². The van der Waals surface area contributed by atoms with Crippen molar-refractivity contribution in [3.8, 4) is 0 Å². The topological polar surface area (TPSA) is 80.7 Å². The van der Waals surface area contributed by atoms with Gasteiger partial charge in [0.15, 0.2) is 0 Å². The van der Waals surface area contributed by atoms with Crippen molar-refractivity contribution in [3.63, 3.8) is 0 Å². The molecule has 2 unspecified atom stereocenters. The van der Waals surface area contributed by atoms with E-state index in [-0.39, 0.29) is 19.3 Å². The molecule has 0 saturated heterocycles. The van der Waals surface area contributed by atoms with Crippen LogP contribution < -0.4 is 0 Å². The lowest BCUT2D eigenvalue weighted by molar-refractivity contribution is -0.164. The lowest BCUT2D eigenvalue weighted by Crippen LogP contribution is -2.47. The first-order valence-corrected chi connectivity index (χ1v) is 6.47. The third-order valence-electron chi connectivity index (χ3n) is 3.67. The van der Waals surface area contributed by atoms with E-state index in [0.717, 1.165) is 0 Å². The molecule has 0 aromatic heterocycles. The molecular formula is C15H18O5. The average molecular weight is 278 g/mol. The van der Waals surface area contributed by atoms with Gasteiger partial charge in [-0.15, -0.1) is 0 Å². The van der Waals surface area contributed by atoms with Crippen molar-refractivity contribution in [2.75, 3.05) is 0 Å². The van der Waals surface area contributed by atoms with Crippen molar-refractivity contribution >= 4 is 18.4 Å². The standard InChI is InChI=1S/C15H18O5/c1-3-12(13(17)18)15(4-2,14(19)20-10-16)11-8-6-5-7-9-11/h5-10,12H,3-4H2,1-2H3,(H,17,18).